The highest BCUT2D eigenvalue weighted by Crippen LogP contribution is 2.19. The Morgan fingerprint density at radius 1 is 1.06 bits per heavy atom. The van der Waals surface area contributed by atoms with Crippen LogP contribution < -0.4 is 10.6 Å². The van der Waals surface area contributed by atoms with E-state index in [1.165, 1.54) is 5.56 Å². The van der Waals surface area contributed by atoms with Gasteiger partial charge < -0.3 is 10.1 Å². The van der Waals surface area contributed by atoms with Crippen molar-refractivity contribution in [2.75, 3.05) is 37.9 Å². The first-order valence-corrected chi connectivity index (χ1v) is 12.5. The summed E-state index contributed by atoms with van der Waals surface area (Å²) < 4.78 is 5.41. The van der Waals surface area contributed by atoms with Gasteiger partial charge >= 0.3 is 0 Å². The summed E-state index contributed by atoms with van der Waals surface area (Å²) in [5.74, 6) is 0.192. The molecule has 2 N–H and O–H groups in total. The molecule has 7 nitrogen and oxygen atoms in total. The van der Waals surface area contributed by atoms with Gasteiger partial charge in [-0.25, -0.2) is 4.99 Å². The molecule has 0 bridgehead atoms. The van der Waals surface area contributed by atoms with Crippen LogP contribution in [0, 0.1) is 0 Å². The van der Waals surface area contributed by atoms with E-state index >= 15 is 0 Å². The third-order valence-electron chi connectivity index (χ3n) is 5.46. The highest BCUT2D eigenvalue weighted by Gasteiger charge is 2.13. The number of thioether (sulfide) groups is 1. The Kier molecular flexibility index (Phi) is 8.67. The van der Waals surface area contributed by atoms with Gasteiger partial charge in [-0.1, -0.05) is 18.2 Å². The number of pyridine rings is 1. The third kappa shape index (κ3) is 7.15. The molecule has 3 aromatic rings. The predicted molar refractivity (Wildman–Crippen MR) is 137 cm³/mol. The van der Waals surface area contributed by atoms with E-state index in [9.17, 15) is 4.79 Å². The van der Waals surface area contributed by atoms with E-state index in [4.69, 9.17) is 4.74 Å². The minimum atomic E-state index is -0.208. The minimum absolute atomic E-state index is 0.208. The van der Waals surface area contributed by atoms with Crippen molar-refractivity contribution in [1.29, 1.82) is 0 Å². The number of hydrogen-bond acceptors (Lipinski definition) is 6. The van der Waals surface area contributed by atoms with Crippen LogP contribution in [0.4, 0.5) is 5.69 Å². The van der Waals surface area contributed by atoms with E-state index in [-0.39, 0.29) is 5.91 Å². The molecule has 176 valence electrons. The molecule has 1 aliphatic heterocycles. The Morgan fingerprint density at radius 2 is 1.82 bits per heavy atom. The van der Waals surface area contributed by atoms with Crippen LogP contribution in [0.1, 0.15) is 21.5 Å². The van der Waals surface area contributed by atoms with E-state index < -0.39 is 0 Å². The minimum Gasteiger partial charge on any atom is -0.379 e. The summed E-state index contributed by atoms with van der Waals surface area (Å²) in [4.78, 5) is 25.2. The van der Waals surface area contributed by atoms with Gasteiger partial charge in [0.1, 0.15) is 0 Å². The Labute approximate surface area is 204 Å². The maximum atomic E-state index is 13.0. The smallest absolute Gasteiger partial charge is 0.257 e. The van der Waals surface area contributed by atoms with E-state index in [1.54, 1.807) is 24.2 Å². The number of rotatable bonds is 7. The predicted octanol–water partition coefficient (Wildman–Crippen LogP) is 4.03. The summed E-state index contributed by atoms with van der Waals surface area (Å²) in [6, 6.07) is 19.5. The average Bonchev–Trinajstić information content (AvgIpc) is 2.89. The molecule has 0 saturated carbocycles. The van der Waals surface area contributed by atoms with Gasteiger partial charge in [0, 0.05) is 48.2 Å². The number of nitrogens with zero attached hydrogens (tertiary/aromatic N) is 3. The summed E-state index contributed by atoms with van der Waals surface area (Å²) in [7, 11) is 0. The lowest BCUT2D eigenvalue weighted by Crippen LogP contribution is -2.36. The molecule has 0 atom stereocenters. The second-order valence-electron chi connectivity index (χ2n) is 7.92. The summed E-state index contributed by atoms with van der Waals surface area (Å²) in [5.41, 5.74) is 3.63. The fourth-order valence-electron chi connectivity index (χ4n) is 3.57. The lowest BCUT2D eigenvalue weighted by molar-refractivity contribution is 0.0342. The van der Waals surface area contributed by atoms with Crippen molar-refractivity contribution in [3.63, 3.8) is 0 Å². The number of amides is 1. The highest BCUT2D eigenvalue weighted by atomic mass is 32.2. The van der Waals surface area contributed by atoms with Gasteiger partial charge in [0.2, 0.25) is 5.96 Å². The Morgan fingerprint density at radius 3 is 2.56 bits per heavy atom. The lowest BCUT2D eigenvalue weighted by atomic mass is 10.1. The number of anilines is 1. The SMILES string of the molecule is CSc1cccc(NC(=NCc2ccncc2)NC(=O)c2ccc(CN3CCOCC3)cc2)c1. The van der Waals surface area contributed by atoms with E-state index in [0.29, 0.717) is 18.1 Å². The molecule has 4 rings (SSSR count). The van der Waals surface area contributed by atoms with Gasteiger partial charge in [0.15, 0.2) is 0 Å². The van der Waals surface area contributed by atoms with Crippen LogP contribution in [0.2, 0.25) is 0 Å². The molecular weight excluding hydrogens is 446 g/mol. The molecule has 1 saturated heterocycles. The van der Waals surface area contributed by atoms with E-state index in [1.807, 2.05) is 66.9 Å². The number of morpholine rings is 1. The molecule has 0 aliphatic carbocycles. The lowest BCUT2D eigenvalue weighted by Gasteiger charge is -2.26. The number of benzene rings is 2. The first-order valence-electron chi connectivity index (χ1n) is 11.2. The fraction of sp³-hybridized carbons (Fsp3) is 0.269. The monoisotopic (exact) mass is 475 g/mol. The largest absolute Gasteiger partial charge is 0.379 e. The number of carbonyl (C=O) groups is 1. The molecule has 0 spiro atoms. The molecule has 1 fully saturated rings. The van der Waals surface area contributed by atoms with Crippen LogP contribution in [0.5, 0.6) is 0 Å². The van der Waals surface area contributed by atoms with Crippen LogP contribution in [-0.4, -0.2) is 54.3 Å². The van der Waals surface area contributed by atoms with Crippen molar-refractivity contribution < 1.29 is 9.53 Å². The van der Waals surface area contributed by atoms with Crippen LogP contribution in [0.3, 0.4) is 0 Å². The maximum absolute atomic E-state index is 13.0. The standard InChI is InChI=1S/C26H29N5O2S/c1-34-24-4-2-3-23(17-24)29-26(28-18-20-9-11-27-12-10-20)30-25(32)22-7-5-21(6-8-22)19-31-13-15-33-16-14-31/h2-12,17H,13-16,18-19H2,1H3,(H2,28,29,30,32). The molecule has 1 aromatic heterocycles. The van der Waals surface area contributed by atoms with Crippen LogP contribution in [-0.2, 0) is 17.8 Å². The van der Waals surface area contributed by atoms with Crippen molar-refractivity contribution >= 4 is 29.3 Å². The van der Waals surface area contributed by atoms with Crippen molar-refractivity contribution in [2.24, 2.45) is 4.99 Å². The average molecular weight is 476 g/mol. The van der Waals surface area contributed by atoms with Crippen molar-refractivity contribution in [3.8, 4) is 0 Å². The zero-order valence-corrected chi connectivity index (χ0v) is 20.1. The third-order valence-corrected chi connectivity index (χ3v) is 6.18. The zero-order chi connectivity index (χ0) is 23.6. The molecule has 1 amide bonds. The van der Waals surface area contributed by atoms with Crippen molar-refractivity contribution in [3.05, 3.63) is 89.7 Å². The first-order chi connectivity index (χ1) is 16.7. The molecular formula is C26H29N5O2S. The molecule has 2 heterocycles. The number of guanidine groups is 1. The normalized spacial score (nSPS) is 14.6. The number of carbonyl (C=O) groups excluding carboxylic acids is 1. The molecule has 1 aliphatic rings. The molecule has 0 radical (unpaired) electrons. The van der Waals surface area contributed by atoms with E-state index in [2.05, 4.69) is 25.5 Å². The van der Waals surface area contributed by atoms with Crippen molar-refractivity contribution in [1.82, 2.24) is 15.2 Å². The highest BCUT2D eigenvalue weighted by molar-refractivity contribution is 7.98. The number of aromatic nitrogens is 1. The van der Waals surface area contributed by atoms with E-state index in [0.717, 1.165) is 49.0 Å². The van der Waals surface area contributed by atoms with Gasteiger partial charge in [0.05, 0.1) is 19.8 Å². The van der Waals surface area contributed by atoms with Crippen molar-refractivity contribution in [2.45, 2.75) is 18.0 Å². The molecule has 2 aromatic carbocycles. The van der Waals surface area contributed by atoms with Gasteiger partial charge in [-0.05, 0) is 59.8 Å². The summed E-state index contributed by atoms with van der Waals surface area (Å²) in [6.45, 7) is 4.69. The van der Waals surface area contributed by atoms with Gasteiger partial charge in [-0.2, -0.15) is 0 Å². The second-order valence-corrected chi connectivity index (χ2v) is 8.80. The maximum Gasteiger partial charge on any atom is 0.257 e. The first kappa shape index (κ1) is 23.9. The molecule has 8 heteroatoms. The zero-order valence-electron chi connectivity index (χ0n) is 19.2. The topological polar surface area (TPSA) is 78.8 Å². The summed E-state index contributed by atoms with van der Waals surface area (Å²) >= 11 is 1.66. The summed E-state index contributed by atoms with van der Waals surface area (Å²) in [6.07, 6.45) is 5.50. The summed E-state index contributed by atoms with van der Waals surface area (Å²) in [5, 5.41) is 6.20. The van der Waals surface area contributed by atoms with Crippen LogP contribution in [0.25, 0.3) is 0 Å². The Balaban J connectivity index is 1.45. The van der Waals surface area contributed by atoms with Crippen LogP contribution in [0.15, 0.2) is 82.9 Å². The number of aliphatic imine (C=N–C) groups is 1. The van der Waals surface area contributed by atoms with Gasteiger partial charge in [0.25, 0.3) is 5.91 Å². The van der Waals surface area contributed by atoms with Gasteiger partial charge in [-0.3, -0.25) is 20.0 Å². The number of hydrogen-bond donors (Lipinski definition) is 2. The number of ether oxygens (including phenoxy) is 1. The molecule has 34 heavy (non-hydrogen) atoms. The molecule has 0 unspecified atom stereocenters. The van der Waals surface area contributed by atoms with Gasteiger partial charge in [-0.15, -0.1) is 11.8 Å². The Hall–Kier alpha value is -3.20. The quantitative estimate of drug-likeness (QED) is 0.305. The van der Waals surface area contributed by atoms with Crippen LogP contribution >= 0.6 is 11.8 Å². The fourth-order valence-corrected chi connectivity index (χ4v) is 4.02. The second kappa shape index (κ2) is 12.3. The number of nitrogens with one attached hydrogen (secondary N) is 2. The Bertz CT molecular complexity index is 1100.